The first-order chi connectivity index (χ1) is 25.9. The van der Waals surface area contributed by atoms with Crippen LogP contribution >= 0.6 is 0 Å². The Kier molecular flexibility index (Phi) is 14.0. The van der Waals surface area contributed by atoms with Crippen molar-refractivity contribution in [3.8, 4) is 0 Å². The lowest BCUT2D eigenvalue weighted by atomic mass is 9.67. The minimum atomic E-state index is -0.488. The fourth-order valence-electron chi connectivity index (χ4n) is 12.1. The number of carbonyl (C=O) groups is 3. The Labute approximate surface area is 320 Å². The monoisotopic (exact) mass is 737 g/mol. The topological polar surface area (TPSA) is 102 Å². The number of nitrogens with zero attached hydrogens (tertiary/aromatic N) is 3. The molecule has 7 aliphatic rings. The van der Waals surface area contributed by atoms with Crippen LogP contribution in [0.2, 0.25) is 0 Å². The van der Waals surface area contributed by atoms with Gasteiger partial charge in [0.25, 0.3) is 0 Å². The van der Waals surface area contributed by atoms with Crippen LogP contribution in [0.1, 0.15) is 148 Å². The number of aliphatic hydroxyl groups is 1. The number of likely N-dealkylation sites (tertiary alicyclic amines) is 1. The van der Waals surface area contributed by atoms with Gasteiger partial charge in [-0.1, -0.05) is 37.3 Å². The fourth-order valence-corrected chi connectivity index (χ4v) is 12.1. The number of allylic oxidation sites excluding steroid dienone is 2. The third-order valence-electron chi connectivity index (χ3n) is 15.1. The van der Waals surface area contributed by atoms with Gasteiger partial charge in [0.2, 0.25) is 17.7 Å². The lowest BCUT2D eigenvalue weighted by molar-refractivity contribution is -0.145. The molecule has 4 unspecified atom stereocenters. The SMILES string of the molecule is CC/C(=C(\C1CCC(O)CC1)C1CCC(N2CCN(CCCCCOC3CCC4C(=O)N(C5CCC(=O)NC5=O)CC4C3)CC2)CC1)C1CCCCC1. The third-order valence-corrected chi connectivity index (χ3v) is 15.1. The summed E-state index contributed by atoms with van der Waals surface area (Å²) in [6.07, 6.45) is 25.3. The van der Waals surface area contributed by atoms with Crippen LogP contribution in [0.5, 0.6) is 0 Å². The molecule has 4 atom stereocenters. The highest BCUT2D eigenvalue weighted by atomic mass is 16.5. The molecule has 7 fully saturated rings. The molecule has 298 valence electrons. The van der Waals surface area contributed by atoms with Crippen LogP contribution < -0.4 is 5.32 Å². The molecule has 7 rings (SSSR count). The van der Waals surface area contributed by atoms with Crippen molar-refractivity contribution in [2.75, 3.05) is 45.9 Å². The molecule has 3 amide bonds. The molecule has 4 aliphatic carbocycles. The lowest BCUT2D eigenvalue weighted by Gasteiger charge is -2.44. The summed E-state index contributed by atoms with van der Waals surface area (Å²) in [6.45, 7) is 9.89. The van der Waals surface area contributed by atoms with Crippen molar-refractivity contribution in [2.24, 2.45) is 29.6 Å². The number of carbonyl (C=O) groups excluding carboxylic acids is 3. The summed E-state index contributed by atoms with van der Waals surface area (Å²) < 4.78 is 6.34. The standard InChI is InChI=1S/C44H72N4O5/c1-2-38(31-9-5-3-6-10-31)42(33-13-17-36(49)18-14-33)32-11-15-35(16-12-32)47-26-24-46(25-27-47)23-7-4-8-28-53-37-19-20-39-34(29-37)30-48(44(39)52)40-21-22-41(50)45-43(40)51/h31-37,39-40,49H,2-30H2,1H3,(H,45,50,51)/b42-38+. The van der Waals surface area contributed by atoms with Gasteiger partial charge in [-0.25, -0.2) is 0 Å². The number of piperazine rings is 1. The highest BCUT2D eigenvalue weighted by Gasteiger charge is 2.48. The van der Waals surface area contributed by atoms with E-state index in [1.54, 1.807) is 4.90 Å². The quantitative estimate of drug-likeness (QED) is 0.125. The summed E-state index contributed by atoms with van der Waals surface area (Å²) in [5.41, 5.74) is 3.76. The van der Waals surface area contributed by atoms with Gasteiger partial charge >= 0.3 is 0 Å². The first-order valence-electron chi connectivity index (χ1n) is 22.5. The average molecular weight is 737 g/mol. The second-order valence-corrected chi connectivity index (χ2v) is 18.2. The molecule has 3 aliphatic heterocycles. The minimum Gasteiger partial charge on any atom is -0.393 e. The van der Waals surface area contributed by atoms with Gasteiger partial charge in [0.05, 0.1) is 12.2 Å². The maximum absolute atomic E-state index is 13.1. The van der Waals surface area contributed by atoms with Crippen molar-refractivity contribution in [3.05, 3.63) is 11.1 Å². The Bertz CT molecular complexity index is 1260. The van der Waals surface area contributed by atoms with Crippen LogP contribution in [-0.2, 0) is 19.1 Å². The summed E-state index contributed by atoms with van der Waals surface area (Å²) in [5.74, 6) is 2.17. The van der Waals surface area contributed by atoms with Crippen molar-refractivity contribution in [3.63, 3.8) is 0 Å². The van der Waals surface area contributed by atoms with Gasteiger partial charge in [0, 0.05) is 57.7 Å². The van der Waals surface area contributed by atoms with Crippen LogP contribution in [-0.4, -0.2) is 108 Å². The van der Waals surface area contributed by atoms with Crippen molar-refractivity contribution in [1.29, 1.82) is 0 Å². The lowest BCUT2D eigenvalue weighted by Crippen LogP contribution is -2.53. The zero-order valence-corrected chi connectivity index (χ0v) is 33.1. The molecular formula is C44H72N4O5. The van der Waals surface area contributed by atoms with E-state index < -0.39 is 6.04 Å². The molecule has 3 saturated heterocycles. The molecule has 0 bridgehead atoms. The average Bonchev–Trinajstić information content (AvgIpc) is 3.51. The number of hydrogen-bond donors (Lipinski definition) is 2. The van der Waals surface area contributed by atoms with Gasteiger partial charge in [-0.15, -0.1) is 0 Å². The van der Waals surface area contributed by atoms with Crippen molar-refractivity contribution < 1.29 is 24.2 Å². The Balaban J connectivity index is 0.779. The molecule has 0 radical (unpaired) electrons. The van der Waals surface area contributed by atoms with E-state index in [0.717, 1.165) is 68.9 Å². The summed E-state index contributed by atoms with van der Waals surface area (Å²) in [6, 6.07) is 0.273. The van der Waals surface area contributed by atoms with E-state index in [0.29, 0.717) is 19.4 Å². The largest absolute Gasteiger partial charge is 0.393 e. The normalized spacial score (nSPS) is 36.0. The van der Waals surface area contributed by atoms with Crippen LogP contribution in [0.15, 0.2) is 11.1 Å². The summed E-state index contributed by atoms with van der Waals surface area (Å²) >= 11 is 0. The van der Waals surface area contributed by atoms with Crippen LogP contribution in [0.3, 0.4) is 0 Å². The number of hydrogen-bond acceptors (Lipinski definition) is 7. The van der Waals surface area contributed by atoms with Gasteiger partial charge in [-0.05, 0) is 146 Å². The van der Waals surface area contributed by atoms with Gasteiger partial charge < -0.3 is 19.6 Å². The van der Waals surface area contributed by atoms with E-state index in [2.05, 4.69) is 22.0 Å². The van der Waals surface area contributed by atoms with Gasteiger partial charge in [-0.2, -0.15) is 0 Å². The minimum absolute atomic E-state index is 0.00794. The highest BCUT2D eigenvalue weighted by Crippen LogP contribution is 2.46. The molecular weight excluding hydrogens is 665 g/mol. The number of unbranched alkanes of at least 4 members (excludes halogenated alkanes) is 2. The predicted octanol–water partition coefficient (Wildman–Crippen LogP) is 6.62. The number of aliphatic hydroxyl groups excluding tert-OH is 1. The number of ether oxygens (including phenoxy) is 1. The Morgan fingerprint density at radius 1 is 0.774 bits per heavy atom. The Morgan fingerprint density at radius 3 is 2.19 bits per heavy atom. The van der Waals surface area contributed by atoms with E-state index in [1.807, 2.05) is 11.1 Å². The number of rotatable bonds is 13. The van der Waals surface area contributed by atoms with Gasteiger partial charge in [-0.3, -0.25) is 24.6 Å². The molecule has 0 aromatic heterocycles. The molecule has 2 N–H and O–H groups in total. The molecule has 3 heterocycles. The molecule has 4 saturated carbocycles. The fraction of sp³-hybridized carbons (Fsp3) is 0.886. The summed E-state index contributed by atoms with van der Waals surface area (Å²) in [7, 11) is 0. The zero-order valence-electron chi connectivity index (χ0n) is 33.1. The summed E-state index contributed by atoms with van der Waals surface area (Å²) in [4.78, 5) is 44.4. The molecule has 0 aromatic carbocycles. The molecule has 9 heteroatoms. The van der Waals surface area contributed by atoms with E-state index in [1.165, 1.54) is 123 Å². The second-order valence-electron chi connectivity index (χ2n) is 18.2. The van der Waals surface area contributed by atoms with Crippen molar-refractivity contribution >= 4 is 17.7 Å². The number of nitrogens with one attached hydrogen (secondary N) is 1. The number of piperidine rings is 1. The maximum atomic E-state index is 13.1. The van der Waals surface area contributed by atoms with E-state index in [9.17, 15) is 19.5 Å². The molecule has 53 heavy (non-hydrogen) atoms. The molecule has 9 nitrogen and oxygen atoms in total. The number of fused-ring (bicyclic) bond motifs is 1. The maximum Gasteiger partial charge on any atom is 0.249 e. The van der Waals surface area contributed by atoms with E-state index in [-0.39, 0.29) is 41.8 Å². The first kappa shape index (κ1) is 39.4. The smallest absolute Gasteiger partial charge is 0.249 e. The van der Waals surface area contributed by atoms with Crippen LogP contribution in [0, 0.1) is 29.6 Å². The van der Waals surface area contributed by atoms with Crippen molar-refractivity contribution in [2.45, 2.75) is 172 Å². The summed E-state index contributed by atoms with van der Waals surface area (Å²) in [5, 5.41) is 12.7. The Hall–Kier alpha value is -1.81. The molecule has 0 spiro atoms. The predicted molar refractivity (Wildman–Crippen MR) is 208 cm³/mol. The van der Waals surface area contributed by atoms with E-state index in [4.69, 9.17) is 4.74 Å². The van der Waals surface area contributed by atoms with Crippen LogP contribution in [0.25, 0.3) is 0 Å². The zero-order chi connectivity index (χ0) is 36.7. The van der Waals surface area contributed by atoms with Crippen molar-refractivity contribution in [1.82, 2.24) is 20.0 Å². The van der Waals surface area contributed by atoms with Gasteiger partial charge in [0.15, 0.2) is 0 Å². The number of imide groups is 1. The Morgan fingerprint density at radius 2 is 1.49 bits per heavy atom. The third kappa shape index (κ3) is 9.78. The second kappa shape index (κ2) is 18.9. The van der Waals surface area contributed by atoms with Gasteiger partial charge in [0.1, 0.15) is 6.04 Å². The number of amides is 3. The first-order valence-corrected chi connectivity index (χ1v) is 22.5. The molecule has 0 aromatic rings. The van der Waals surface area contributed by atoms with Crippen LogP contribution in [0.4, 0.5) is 0 Å². The highest BCUT2D eigenvalue weighted by molar-refractivity contribution is 6.02. The van der Waals surface area contributed by atoms with E-state index >= 15 is 0 Å².